The molecule has 1 aromatic heterocycles. The highest BCUT2D eigenvalue weighted by Crippen LogP contribution is 2.23. The third-order valence-electron chi connectivity index (χ3n) is 4.43. The van der Waals surface area contributed by atoms with Crippen molar-refractivity contribution in [2.24, 2.45) is 0 Å². The van der Waals surface area contributed by atoms with Crippen LogP contribution in [0.15, 0.2) is 30.5 Å². The molecule has 2 heterocycles. The molecule has 0 aliphatic carbocycles. The summed E-state index contributed by atoms with van der Waals surface area (Å²) in [5, 5.41) is 13.1. The molecule has 0 bridgehead atoms. The molecule has 26 heavy (non-hydrogen) atoms. The Balaban J connectivity index is 1.77. The van der Waals surface area contributed by atoms with Gasteiger partial charge in [-0.1, -0.05) is 0 Å². The van der Waals surface area contributed by atoms with Crippen molar-refractivity contribution in [2.45, 2.75) is 18.9 Å². The highest BCUT2D eigenvalue weighted by atomic mass is 16.5. The van der Waals surface area contributed by atoms with E-state index in [1.165, 1.54) is 14.2 Å². The van der Waals surface area contributed by atoms with Gasteiger partial charge in [0.15, 0.2) is 5.69 Å². The number of piperidine rings is 1. The first kappa shape index (κ1) is 17.9. The Morgan fingerprint density at radius 3 is 2.85 bits per heavy atom. The summed E-state index contributed by atoms with van der Waals surface area (Å²) in [5.74, 6) is -0.128. The monoisotopic (exact) mass is 357 g/mol. The number of ether oxygens (including phenoxy) is 1. The summed E-state index contributed by atoms with van der Waals surface area (Å²) in [6.07, 6.45) is 3.95. The lowest BCUT2D eigenvalue weighted by Gasteiger charge is -2.22. The number of carbonyl (C=O) groups is 2. The molecule has 3 N–H and O–H groups in total. The number of carbonyl (C=O) groups excluding carboxylic acids is 2. The van der Waals surface area contributed by atoms with Gasteiger partial charge in [-0.2, -0.15) is 5.10 Å². The zero-order chi connectivity index (χ0) is 18.5. The third kappa shape index (κ3) is 3.85. The number of nitrogens with zero attached hydrogens (tertiary/aromatic N) is 2. The zero-order valence-electron chi connectivity index (χ0n) is 14.9. The number of methoxy groups -OCH3 is 1. The van der Waals surface area contributed by atoms with Crippen LogP contribution < -0.4 is 20.7 Å². The number of anilines is 1. The van der Waals surface area contributed by atoms with Crippen molar-refractivity contribution in [3.63, 3.8) is 0 Å². The molecular formula is C18H23N5O3. The van der Waals surface area contributed by atoms with E-state index >= 15 is 0 Å². The minimum absolute atomic E-state index is 0.257. The fourth-order valence-corrected chi connectivity index (χ4v) is 2.99. The quantitative estimate of drug-likeness (QED) is 0.752. The Bertz CT molecular complexity index is 796. The normalized spacial score (nSPS) is 16.8. The lowest BCUT2D eigenvalue weighted by atomic mass is 10.1. The number of hydrogen-bond acceptors (Lipinski definition) is 5. The van der Waals surface area contributed by atoms with Crippen molar-refractivity contribution in [3.8, 4) is 5.75 Å². The number of aromatic nitrogens is 2. The molecule has 2 amide bonds. The van der Waals surface area contributed by atoms with Crippen LogP contribution in [0.4, 0.5) is 5.69 Å². The highest BCUT2D eigenvalue weighted by Gasteiger charge is 2.19. The van der Waals surface area contributed by atoms with Gasteiger partial charge in [-0.05, 0) is 43.7 Å². The summed E-state index contributed by atoms with van der Waals surface area (Å²) in [5.41, 5.74) is 1.05. The van der Waals surface area contributed by atoms with Gasteiger partial charge >= 0.3 is 0 Å². The predicted octanol–water partition coefficient (Wildman–Crippen LogP) is 1.43. The Labute approximate surface area is 151 Å². The fraction of sp³-hybridized carbons (Fsp3) is 0.389. The summed E-state index contributed by atoms with van der Waals surface area (Å²) in [6.45, 7) is 1.87. The molecular weight excluding hydrogens is 334 g/mol. The average molecular weight is 357 g/mol. The summed E-state index contributed by atoms with van der Waals surface area (Å²) in [4.78, 5) is 24.6. The Hall–Kier alpha value is -2.87. The predicted molar refractivity (Wildman–Crippen MR) is 97.7 cm³/mol. The molecule has 1 aromatic carbocycles. The van der Waals surface area contributed by atoms with Gasteiger partial charge in [0.05, 0.1) is 24.4 Å². The molecule has 138 valence electrons. The van der Waals surface area contributed by atoms with E-state index in [1.807, 2.05) is 10.9 Å². The van der Waals surface area contributed by atoms with Crippen LogP contribution in [0.5, 0.6) is 5.75 Å². The van der Waals surface area contributed by atoms with E-state index in [2.05, 4.69) is 21.0 Å². The number of nitrogens with one attached hydrogen (secondary N) is 3. The van der Waals surface area contributed by atoms with Crippen LogP contribution in [-0.2, 0) is 0 Å². The number of rotatable bonds is 5. The smallest absolute Gasteiger partial charge is 0.276 e. The molecule has 0 saturated carbocycles. The van der Waals surface area contributed by atoms with Gasteiger partial charge in [0.2, 0.25) is 0 Å². The largest absolute Gasteiger partial charge is 0.497 e. The van der Waals surface area contributed by atoms with E-state index in [9.17, 15) is 9.59 Å². The van der Waals surface area contributed by atoms with E-state index in [0.29, 0.717) is 22.7 Å². The maximum Gasteiger partial charge on any atom is 0.276 e. The van der Waals surface area contributed by atoms with E-state index in [0.717, 1.165) is 25.9 Å². The van der Waals surface area contributed by atoms with Crippen molar-refractivity contribution < 1.29 is 14.3 Å². The molecule has 1 aliphatic rings. The highest BCUT2D eigenvalue weighted by molar-refractivity contribution is 6.08. The Morgan fingerprint density at radius 2 is 2.15 bits per heavy atom. The van der Waals surface area contributed by atoms with Gasteiger partial charge in [0, 0.05) is 19.8 Å². The van der Waals surface area contributed by atoms with Gasteiger partial charge < -0.3 is 20.7 Å². The van der Waals surface area contributed by atoms with Gasteiger partial charge in [-0.25, -0.2) is 0 Å². The number of benzene rings is 1. The van der Waals surface area contributed by atoms with E-state index in [-0.39, 0.29) is 17.9 Å². The number of amides is 2. The van der Waals surface area contributed by atoms with Crippen molar-refractivity contribution in [3.05, 3.63) is 41.7 Å². The Morgan fingerprint density at radius 1 is 1.31 bits per heavy atom. The summed E-state index contributed by atoms with van der Waals surface area (Å²) in [7, 11) is 3.06. The van der Waals surface area contributed by atoms with E-state index in [1.54, 1.807) is 24.3 Å². The molecule has 3 rings (SSSR count). The van der Waals surface area contributed by atoms with Crippen LogP contribution in [0.3, 0.4) is 0 Å². The minimum Gasteiger partial charge on any atom is -0.497 e. The van der Waals surface area contributed by atoms with E-state index < -0.39 is 0 Å². The molecule has 8 nitrogen and oxygen atoms in total. The molecule has 1 atom stereocenters. The first-order valence-corrected chi connectivity index (χ1v) is 8.59. The summed E-state index contributed by atoms with van der Waals surface area (Å²) in [6, 6.07) is 6.86. The second-order valence-electron chi connectivity index (χ2n) is 6.13. The third-order valence-corrected chi connectivity index (χ3v) is 4.43. The summed E-state index contributed by atoms with van der Waals surface area (Å²) < 4.78 is 6.98. The van der Waals surface area contributed by atoms with Crippen LogP contribution in [0, 0.1) is 0 Å². The lowest BCUT2D eigenvalue weighted by molar-refractivity contribution is 0.0963. The van der Waals surface area contributed by atoms with Crippen LogP contribution in [0.25, 0.3) is 0 Å². The second-order valence-corrected chi connectivity index (χ2v) is 6.13. The maximum atomic E-state index is 12.6. The SMILES string of the molecule is CNC(=O)c1cc(OC)ccc1NC(=O)c1ccn(C2CCCNC2)n1. The van der Waals surface area contributed by atoms with Crippen LogP contribution >= 0.6 is 0 Å². The standard InChI is InChI=1S/C18H23N5O3/c1-19-17(24)14-10-13(26-2)5-6-15(14)21-18(25)16-7-9-23(22-16)12-4-3-8-20-11-12/h5-7,9-10,12,20H,3-4,8,11H2,1-2H3,(H,19,24)(H,21,25). The minimum atomic E-state index is -0.358. The molecule has 0 radical (unpaired) electrons. The van der Waals surface area contributed by atoms with Gasteiger partial charge in [0.1, 0.15) is 5.75 Å². The Kier molecular flexibility index (Phi) is 5.52. The molecule has 8 heteroatoms. The van der Waals surface area contributed by atoms with Crippen LogP contribution in [0.2, 0.25) is 0 Å². The first-order chi connectivity index (χ1) is 12.6. The molecule has 1 saturated heterocycles. The zero-order valence-corrected chi connectivity index (χ0v) is 14.9. The average Bonchev–Trinajstić information content (AvgIpc) is 3.18. The second kappa shape index (κ2) is 8.01. The van der Waals surface area contributed by atoms with E-state index in [4.69, 9.17) is 4.74 Å². The maximum absolute atomic E-state index is 12.6. The topological polar surface area (TPSA) is 97.3 Å². The van der Waals surface area contributed by atoms with Gasteiger partial charge in [-0.15, -0.1) is 0 Å². The van der Waals surface area contributed by atoms with Gasteiger partial charge in [0.25, 0.3) is 11.8 Å². The van der Waals surface area contributed by atoms with Gasteiger partial charge in [-0.3, -0.25) is 14.3 Å². The molecule has 0 spiro atoms. The molecule has 1 unspecified atom stereocenters. The summed E-state index contributed by atoms with van der Waals surface area (Å²) >= 11 is 0. The molecule has 1 fully saturated rings. The van der Waals surface area contributed by atoms with Crippen molar-refractivity contribution in [1.82, 2.24) is 20.4 Å². The molecule has 2 aromatic rings. The lowest BCUT2D eigenvalue weighted by Crippen LogP contribution is -2.32. The van der Waals surface area contributed by atoms with Crippen LogP contribution in [-0.4, -0.2) is 48.8 Å². The first-order valence-electron chi connectivity index (χ1n) is 8.59. The van der Waals surface area contributed by atoms with Crippen molar-refractivity contribution >= 4 is 17.5 Å². The van der Waals surface area contributed by atoms with Crippen molar-refractivity contribution in [1.29, 1.82) is 0 Å². The van der Waals surface area contributed by atoms with Crippen LogP contribution in [0.1, 0.15) is 39.7 Å². The number of hydrogen-bond donors (Lipinski definition) is 3. The fourth-order valence-electron chi connectivity index (χ4n) is 2.99. The molecule has 1 aliphatic heterocycles. The van der Waals surface area contributed by atoms with Crippen molar-refractivity contribution in [2.75, 3.05) is 32.6 Å².